The van der Waals surface area contributed by atoms with Gasteiger partial charge in [-0.2, -0.15) is 13.2 Å². The molecule has 1 aromatic rings. The summed E-state index contributed by atoms with van der Waals surface area (Å²) in [6.45, 7) is 3.92. The van der Waals surface area contributed by atoms with E-state index in [0.717, 1.165) is 37.3 Å². The van der Waals surface area contributed by atoms with Crippen molar-refractivity contribution in [3.63, 3.8) is 0 Å². The Bertz CT molecular complexity index is 549. The summed E-state index contributed by atoms with van der Waals surface area (Å²) in [5.41, 5.74) is 4.11. The molecule has 0 fully saturated rings. The third-order valence-electron chi connectivity index (χ3n) is 3.99. The molecule has 0 aliphatic carbocycles. The highest BCUT2D eigenvalue weighted by molar-refractivity contribution is 5.97. The van der Waals surface area contributed by atoms with Gasteiger partial charge in [-0.1, -0.05) is 68.2 Å². The van der Waals surface area contributed by atoms with Crippen molar-refractivity contribution in [2.24, 2.45) is 5.73 Å². The van der Waals surface area contributed by atoms with Crippen molar-refractivity contribution in [3.05, 3.63) is 47.5 Å². The minimum Gasteiger partial charge on any atom is -0.314 e. The number of allylic oxidation sites excluding steroid dienone is 1. The number of aryl methyl sites for hydroxylation is 1. The Hall–Kier alpha value is -1.62. The van der Waals surface area contributed by atoms with Gasteiger partial charge in [0.15, 0.2) is 5.78 Å². The highest BCUT2D eigenvalue weighted by atomic mass is 19.4. The van der Waals surface area contributed by atoms with E-state index in [1.807, 2.05) is 6.92 Å². The minimum absolute atomic E-state index is 0.246. The SMILES string of the molecule is CCCCCCC=C[C@@](N)(CC(=O)c1ccc(C)cc1)C(F)(F)F. The van der Waals surface area contributed by atoms with E-state index in [9.17, 15) is 18.0 Å². The number of halogens is 3. The Morgan fingerprint density at radius 3 is 2.29 bits per heavy atom. The van der Waals surface area contributed by atoms with Gasteiger partial charge in [0.1, 0.15) is 5.54 Å². The van der Waals surface area contributed by atoms with Crippen LogP contribution < -0.4 is 5.73 Å². The largest absolute Gasteiger partial charge is 0.410 e. The number of carbonyl (C=O) groups is 1. The molecule has 1 rings (SSSR count). The smallest absolute Gasteiger partial charge is 0.314 e. The summed E-state index contributed by atoms with van der Waals surface area (Å²) < 4.78 is 40.0. The number of benzene rings is 1. The fraction of sp³-hybridized carbons (Fsp3) is 0.526. The molecule has 0 saturated heterocycles. The third kappa shape index (κ3) is 6.11. The molecule has 0 aliphatic heterocycles. The van der Waals surface area contributed by atoms with Crippen molar-refractivity contribution in [2.75, 3.05) is 0 Å². The van der Waals surface area contributed by atoms with Gasteiger partial charge in [0.05, 0.1) is 0 Å². The minimum atomic E-state index is -4.67. The molecule has 0 heterocycles. The summed E-state index contributed by atoms with van der Waals surface area (Å²) in [6.07, 6.45) is 1.41. The highest BCUT2D eigenvalue weighted by Crippen LogP contribution is 2.33. The van der Waals surface area contributed by atoms with Crippen LogP contribution in [0.2, 0.25) is 0 Å². The molecule has 0 amide bonds. The molecule has 1 atom stereocenters. The van der Waals surface area contributed by atoms with Crippen LogP contribution in [0.15, 0.2) is 36.4 Å². The van der Waals surface area contributed by atoms with E-state index in [0.29, 0.717) is 6.42 Å². The molecular weight excluding hydrogens is 315 g/mol. The zero-order valence-corrected chi connectivity index (χ0v) is 14.3. The summed E-state index contributed by atoms with van der Waals surface area (Å²) >= 11 is 0. The molecule has 0 bridgehead atoms. The van der Waals surface area contributed by atoms with Gasteiger partial charge in [0.2, 0.25) is 0 Å². The van der Waals surface area contributed by atoms with Crippen LogP contribution in [0.1, 0.15) is 61.4 Å². The standard InChI is InChI=1S/C19H26F3NO/c1-3-4-5-6-7-8-13-18(23,19(20,21)22)14-17(24)16-11-9-15(2)10-12-16/h8-13H,3-7,14,23H2,1-2H3/t18-/m1/s1. The van der Waals surface area contributed by atoms with Gasteiger partial charge in [-0.3, -0.25) is 4.79 Å². The Balaban J connectivity index is 2.78. The molecule has 0 radical (unpaired) electrons. The number of rotatable bonds is 9. The fourth-order valence-corrected chi connectivity index (χ4v) is 2.34. The monoisotopic (exact) mass is 341 g/mol. The highest BCUT2D eigenvalue weighted by Gasteiger charge is 2.51. The average molecular weight is 341 g/mol. The van der Waals surface area contributed by atoms with E-state index >= 15 is 0 Å². The number of nitrogens with two attached hydrogens (primary N) is 1. The average Bonchev–Trinajstić information content (AvgIpc) is 2.50. The molecule has 0 saturated carbocycles. The van der Waals surface area contributed by atoms with Crippen LogP contribution in [0.25, 0.3) is 0 Å². The summed E-state index contributed by atoms with van der Waals surface area (Å²) in [5.74, 6) is -0.606. The van der Waals surface area contributed by atoms with E-state index in [2.05, 4.69) is 6.92 Å². The van der Waals surface area contributed by atoms with Crippen LogP contribution in [0.5, 0.6) is 0 Å². The van der Waals surface area contributed by atoms with E-state index < -0.39 is 23.9 Å². The van der Waals surface area contributed by atoms with Crippen LogP contribution in [0.4, 0.5) is 13.2 Å². The predicted octanol–water partition coefficient (Wildman–Crippen LogP) is 5.35. The first-order valence-corrected chi connectivity index (χ1v) is 8.33. The lowest BCUT2D eigenvalue weighted by Gasteiger charge is -2.28. The second-order valence-corrected chi connectivity index (χ2v) is 6.26. The Kier molecular flexibility index (Phi) is 7.67. The number of hydrogen-bond acceptors (Lipinski definition) is 2. The normalized spacial score (nSPS) is 14.8. The lowest BCUT2D eigenvalue weighted by atomic mass is 9.89. The van der Waals surface area contributed by atoms with Gasteiger partial charge < -0.3 is 5.73 Å². The van der Waals surface area contributed by atoms with E-state index in [-0.39, 0.29) is 5.56 Å². The number of hydrogen-bond donors (Lipinski definition) is 1. The summed E-state index contributed by atoms with van der Waals surface area (Å²) in [6, 6.07) is 6.46. The predicted molar refractivity (Wildman–Crippen MR) is 91.0 cm³/mol. The lowest BCUT2D eigenvalue weighted by Crippen LogP contribution is -2.53. The van der Waals surface area contributed by atoms with E-state index in [1.54, 1.807) is 12.1 Å². The van der Waals surface area contributed by atoms with Crippen LogP contribution in [-0.4, -0.2) is 17.5 Å². The van der Waals surface area contributed by atoms with Crippen molar-refractivity contribution in [1.82, 2.24) is 0 Å². The van der Waals surface area contributed by atoms with Crippen molar-refractivity contribution >= 4 is 5.78 Å². The van der Waals surface area contributed by atoms with Gasteiger partial charge >= 0.3 is 6.18 Å². The van der Waals surface area contributed by atoms with Crippen LogP contribution in [-0.2, 0) is 0 Å². The summed E-state index contributed by atoms with van der Waals surface area (Å²) in [7, 11) is 0. The zero-order chi connectivity index (χ0) is 18.2. The second-order valence-electron chi connectivity index (χ2n) is 6.26. The van der Waals surface area contributed by atoms with Crippen molar-refractivity contribution < 1.29 is 18.0 Å². The number of ketones is 1. The van der Waals surface area contributed by atoms with Crippen molar-refractivity contribution in [1.29, 1.82) is 0 Å². The molecule has 134 valence electrons. The molecule has 5 heteroatoms. The molecule has 0 aromatic heterocycles. The van der Waals surface area contributed by atoms with Gasteiger partial charge in [-0.25, -0.2) is 0 Å². The van der Waals surface area contributed by atoms with Crippen LogP contribution in [0, 0.1) is 6.92 Å². The maximum absolute atomic E-state index is 13.3. The topological polar surface area (TPSA) is 43.1 Å². The summed E-state index contributed by atoms with van der Waals surface area (Å²) in [5, 5.41) is 0. The first-order valence-electron chi connectivity index (χ1n) is 8.33. The quantitative estimate of drug-likeness (QED) is 0.373. The molecule has 2 N–H and O–H groups in total. The van der Waals surface area contributed by atoms with Crippen molar-refractivity contribution in [2.45, 2.75) is 64.1 Å². The van der Waals surface area contributed by atoms with Gasteiger partial charge in [-0.15, -0.1) is 0 Å². The first-order chi connectivity index (χ1) is 11.2. The van der Waals surface area contributed by atoms with Crippen molar-refractivity contribution in [3.8, 4) is 0 Å². The Morgan fingerprint density at radius 2 is 1.75 bits per heavy atom. The Morgan fingerprint density at radius 1 is 1.12 bits per heavy atom. The summed E-state index contributed by atoms with van der Waals surface area (Å²) in [4.78, 5) is 12.2. The molecule has 0 aliphatic rings. The lowest BCUT2D eigenvalue weighted by molar-refractivity contribution is -0.170. The maximum Gasteiger partial charge on any atom is 0.410 e. The number of alkyl halides is 3. The molecule has 0 unspecified atom stereocenters. The van der Waals surface area contributed by atoms with Gasteiger partial charge in [0.25, 0.3) is 0 Å². The molecule has 0 spiro atoms. The zero-order valence-electron chi connectivity index (χ0n) is 14.3. The van der Waals surface area contributed by atoms with E-state index in [1.165, 1.54) is 18.2 Å². The van der Waals surface area contributed by atoms with Gasteiger partial charge in [-0.05, 0) is 19.8 Å². The number of Topliss-reactive ketones (excluding diaryl/α,β-unsaturated/α-hetero) is 1. The first kappa shape index (κ1) is 20.4. The third-order valence-corrected chi connectivity index (χ3v) is 3.99. The van der Waals surface area contributed by atoms with Crippen LogP contribution in [0.3, 0.4) is 0 Å². The second kappa shape index (κ2) is 9.02. The molecule has 1 aromatic carbocycles. The van der Waals surface area contributed by atoms with Gasteiger partial charge in [0, 0.05) is 12.0 Å². The molecular formula is C19H26F3NO. The fourth-order valence-electron chi connectivity index (χ4n) is 2.34. The molecule has 2 nitrogen and oxygen atoms in total. The number of unbranched alkanes of at least 4 members (excludes halogenated alkanes) is 4. The van der Waals surface area contributed by atoms with Crippen LogP contribution >= 0.6 is 0 Å². The Labute approximate surface area is 141 Å². The number of carbonyl (C=O) groups excluding carboxylic acids is 1. The van der Waals surface area contributed by atoms with E-state index in [4.69, 9.17) is 5.73 Å². The maximum atomic E-state index is 13.3. The molecule has 24 heavy (non-hydrogen) atoms.